The van der Waals surface area contributed by atoms with Crippen LogP contribution in [0.4, 0.5) is 0 Å². The Hall–Kier alpha value is -0.860. The van der Waals surface area contributed by atoms with Crippen molar-refractivity contribution in [3.8, 4) is 0 Å². The van der Waals surface area contributed by atoms with Gasteiger partial charge in [0, 0.05) is 12.1 Å². The predicted molar refractivity (Wildman–Crippen MR) is 51.6 cm³/mol. The second-order valence-corrected chi connectivity index (χ2v) is 3.24. The van der Waals surface area contributed by atoms with Gasteiger partial charge in [-0.3, -0.25) is 0 Å². The molecule has 2 atom stereocenters. The van der Waals surface area contributed by atoms with Crippen molar-refractivity contribution in [2.75, 3.05) is 0 Å². The second-order valence-electron chi connectivity index (χ2n) is 3.24. The van der Waals surface area contributed by atoms with Crippen molar-refractivity contribution in [3.63, 3.8) is 0 Å². The van der Waals surface area contributed by atoms with Crippen LogP contribution >= 0.6 is 0 Å². The van der Waals surface area contributed by atoms with E-state index in [1.165, 1.54) is 0 Å². The Balaban J connectivity index is 2.86. The lowest BCUT2D eigenvalue weighted by Crippen LogP contribution is -2.07. The molecule has 2 unspecified atom stereocenters. The maximum absolute atomic E-state index is 5.71. The zero-order valence-electron chi connectivity index (χ0n) is 7.62. The summed E-state index contributed by atoms with van der Waals surface area (Å²) in [4.78, 5) is 0. The molecule has 0 radical (unpaired) electrons. The summed E-state index contributed by atoms with van der Waals surface area (Å²) in [5.74, 6) is 0. The SMILES string of the molecule is CC(N)c1ccc(C(C)N)cc1. The first-order valence-electron chi connectivity index (χ1n) is 4.22. The Labute approximate surface area is 73.6 Å². The van der Waals surface area contributed by atoms with Gasteiger partial charge in [-0.05, 0) is 25.0 Å². The molecule has 0 amide bonds. The van der Waals surface area contributed by atoms with E-state index >= 15 is 0 Å². The van der Waals surface area contributed by atoms with Gasteiger partial charge in [0.1, 0.15) is 0 Å². The van der Waals surface area contributed by atoms with Crippen molar-refractivity contribution in [3.05, 3.63) is 35.4 Å². The van der Waals surface area contributed by atoms with E-state index in [1.807, 2.05) is 38.1 Å². The third-order valence-corrected chi connectivity index (χ3v) is 1.99. The molecule has 0 aliphatic heterocycles. The van der Waals surface area contributed by atoms with E-state index < -0.39 is 0 Å². The van der Waals surface area contributed by atoms with Gasteiger partial charge in [0.2, 0.25) is 0 Å². The molecule has 2 nitrogen and oxygen atoms in total. The summed E-state index contributed by atoms with van der Waals surface area (Å²) in [7, 11) is 0. The van der Waals surface area contributed by atoms with Crippen molar-refractivity contribution < 1.29 is 0 Å². The molecule has 1 rings (SSSR count). The molecule has 4 N–H and O–H groups in total. The van der Waals surface area contributed by atoms with Gasteiger partial charge in [-0.15, -0.1) is 0 Å². The molecule has 66 valence electrons. The molecule has 0 aliphatic rings. The average molecular weight is 164 g/mol. The first-order chi connectivity index (χ1) is 5.61. The summed E-state index contributed by atoms with van der Waals surface area (Å²) in [6.45, 7) is 3.95. The molecule has 1 aromatic rings. The minimum atomic E-state index is 0.104. The highest BCUT2D eigenvalue weighted by Crippen LogP contribution is 2.14. The zero-order chi connectivity index (χ0) is 9.14. The molecule has 1 aromatic carbocycles. The van der Waals surface area contributed by atoms with Crippen molar-refractivity contribution in [1.29, 1.82) is 0 Å². The first-order valence-corrected chi connectivity index (χ1v) is 4.22. The highest BCUT2D eigenvalue weighted by Gasteiger charge is 2.00. The summed E-state index contributed by atoms with van der Waals surface area (Å²) in [5, 5.41) is 0. The fraction of sp³-hybridized carbons (Fsp3) is 0.400. The summed E-state index contributed by atoms with van der Waals surface area (Å²) in [6, 6.07) is 8.33. The maximum atomic E-state index is 5.71. The topological polar surface area (TPSA) is 52.0 Å². The number of hydrogen-bond donors (Lipinski definition) is 2. The van der Waals surface area contributed by atoms with Gasteiger partial charge in [-0.2, -0.15) is 0 Å². The molecule has 0 aliphatic carbocycles. The Morgan fingerprint density at radius 2 is 1.08 bits per heavy atom. The third-order valence-electron chi connectivity index (χ3n) is 1.99. The molecule has 0 spiro atoms. The molecular weight excluding hydrogens is 148 g/mol. The van der Waals surface area contributed by atoms with Gasteiger partial charge >= 0.3 is 0 Å². The molecule has 0 aromatic heterocycles. The predicted octanol–water partition coefficient (Wildman–Crippen LogP) is 1.73. The van der Waals surface area contributed by atoms with Gasteiger partial charge in [0.15, 0.2) is 0 Å². The van der Waals surface area contributed by atoms with E-state index in [9.17, 15) is 0 Å². The summed E-state index contributed by atoms with van der Waals surface area (Å²) in [6.07, 6.45) is 0. The number of benzene rings is 1. The Bertz CT molecular complexity index is 210. The van der Waals surface area contributed by atoms with Crippen LogP contribution in [-0.2, 0) is 0 Å². The van der Waals surface area contributed by atoms with Crippen LogP contribution in [0.3, 0.4) is 0 Å². The Morgan fingerprint density at radius 1 is 0.833 bits per heavy atom. The molecule has 0 bridgehead atoms. The van der Waals surface area contributed by atoms with E-state index in [1.54, 1.807) is 0 Å². The summed E-state index contributed by atoms with van der Waals surface area (Å²) >= 11 is 0. The standard InChI is InChI=1S/C10H16N2/c1-7(11)9-3-5-10(6-4-9)8(2)12/h3-8H,11-12H2,1-2H3. The minimum Gasteiger partial charge on any atom is -0.324 e. The van der Waals surface area contributed by atoms with E-state index in [0.29, 0.717) is 0 Å². The van der Waals surface area contributed by atoms with Gasteiger partial charge in [0.05, 0.1) is 0 Å². The molecule has 12 heavy (non-hydrogen) atoms. The quantitative estimate of drug-likeness (QED) is 0.699. The van der Waals surface area contributed by atoms with E-state index in [4.69, 9.17) is 11.5 Å². The molecule has 0 heterocycles. The van der Waals surface area contributed by atoms with Crippen LogP contribution in [0, 0.1) is 0 Å². The van der Waals surface area contributed by atoms with Crippen LogP contribution in [0.2, 0.25) is 0 Å². The van der Waals surface area contributed by atoms with Crippen LogP contribution in [0.25, 0.3) is 0 Å². The first kappa shape index (κ1) is 9.23. The van der Waals surface area contributed by atoms with E-state index in [2.05, 4.69) is 0 Å². The van der Waals surface area contributed by atoms with E-state index in [-0.39, 0.29) is 12.1 Å². The van der Waals surface area contributed by atoms with Crippen LogP contribution in [0.1, 0.15) is 37.1 Å². The minimum absolute atomic E-state index is 0.104. The lowest BCUT2D eigenvalue weighted by atomic mass is 10.0. The summed E-state index contributed by atoms with van der Waals surface area (Å²) in [5.41, 5.74) is 13.7. The van der Waals surface area contributed by atoms with Gasteiger partial charge < -0.3 is 11.5 Å². The molecule has 0 saturated heterocycles. The smallest absolute Gasteiger partial charge is 0.0266 e. The van der Waals surface area contributed by atoms with Crippen molar-refractivity contribution in [2.24, 2.45) is 11.5 Å². The highest BCUT2D eigenvalue weighted by molar-refractivity contribution is 5.25. The van der Waals surface area contributed by atoms with Crippen LogP contribution in [-0.4, -0.2) is 0 Å². The Kier molecular flexibility index (Phi) is 2.84. The highest BCUT2D eigenvalue weighted by atomic mass is 14.6. The van der Waals surface area contributed by atoms with Crippen LogP contribution in [0.5, 0.6) is 0 Å². The molecule has 0 saturated carbocycles. The number of nitrogens with two attached hydrogens (primary N) is 2. The fourth-order valence-corrected chi connectivity index (χ4v) is 1.10. The monoisotopic (exact) mass is 164 g/mol. The van der Waals surface area contributed by atoms with Gasteiger partial charge in [0.25, 0.3) is 0 Å². The van der Waals surface area contributed by atoms with E-state index in [0.717, 1.165) is 11.1 Å². The van der Waals surface area contributed by atoms with Gasteiger partial charge in [-0.1, -0.05) is 24.3 Å². The van der Waals surface area contributed by atoms with Crippen LogP contribution < -0.4 is 11.5 Å². The van der Waals surface area contributed by atoms with Crippen molar-refractivity contribution >= 4 is 0 Å². The maximum Gasteiger partial charge on any atom is 0.0266 e. The van der Waals surface area contributed by atoms with Crippen molar-refractivity contribution in [1.82, 2.24) is 0 Å². The third kappa shape index (κ3) is 2.06. The number of rotatable bonds is 2. The normalized spacial score (nSPS) is 15.7. The fourth-order valence-electron chi connectivity index (χ4n) is 1.10. The number of hydrogen-bond acceptors (Lipinski definition) is 2. The van der Waals surface area contributed by atoms with Gasteiger partial charge in [-0.25, -0.2) is 0 Å². The van der Waals surface area contributed by atoms with Crippen LogP contribution in [0.15, 0.2) is 24.3 Å². The largest absolute Gasteiger partial charge is 0.324 e. The molecule has 2 heteroatoms. The van der Waals surface area contributed by atoms with Crippen molar-refractivity contribution in [2.45, 2.75) is 25.9 Å². The summed E-state index contributed by atoms with van der Waals surface area (Å²) < 4.78 is 0. The molecule has 0 fully saturated rings. The lowest BCUT2D eigenvalue weighted by molar-refractivity contribution is 0.799. The zero-order valence-corrected chi connectivity index (χ0v) is 7.62. The lowest BCUT2D eigenvalue weighted by Gasteiger charge is -2.08. The molecular formula is C10H16N2. The Morgan fingerprint density at radius 3 is 1.25 bits per heavy atom. The average Bonchev–Trinajstić information content (AvgIpc) is 2.04. The second kappa shape index (κ2) is 3.70.